The Morgan fingerprint density at radius 2 is 2.04 bits per heavy atom. The number of halogens is 1. The van der Waals surface area contributed by atoms with Gasteiger partial charge in [0.15, 0.2) is 0 Å². The fourth-order valence-corrected chi connectivity index (χ4v) is 1.98. The fraction of sp³-hybridized carbons (Fsp3) is 0.267. The number of anilines is 1. The number of imide groups is 1. The minimum atomic E-state index is -0.664. The van der Waals surface area contributed by atoms with Crippen LogP contribution >= 0.6 is 0 Å². The van der Waals surface area contributed by atoms with Crippen LogP contribution in [0.15, 0.2) is 30.3 Å². The Kier molecular flexibility index (Phi) is 4.95. The molecule has 0 spiro atoms. The third kappa shape index (κ3) is 4.06. The Balaban J connectivity index is 2.12. The second-order valence-corrected chi connectivity index (χ2v) is 5.00. The lowest BCUT2D eigenvalue weighted by molar-refractivity contribution is -0.120. The van der Waals surface area contributed by atoms with Gasteiger partial charge in [0.2, 0.25) is 5.91 Å². The second kappa shape index (κ2) is 6.91. The first-order chi connectivity index (χ1) is 10.9. The lowest BCUT2D eigenvalue weighted by Gasteiger charge is -2.12. The van der Waals surface area contributed by atoms with E-state index in [0.717, 1.165) is 5.69 Å². The molecule has 0 saturated carbocycles. The normalized spacial score (nSPS) is 11.7. The largest absolute Gasteiger partial charge is 0.357 e. The number of aryl methyl sites for hydroxylation is 1. The maximum Gasteiger partial charge on any atom is 0.321 e. The van der Waals surface area contributed by atoms with Crippen LogP contribution in [-0.2, 0) is 4.79 Å². The van der Waals surface area contributed by atoms with Gasteiger partial charge in [-0.15, -0.1) is 0 Å². The lowest BCUT2D eigenvalue weighted by Crippen LogP contribution is -2.44. The van der Waals surface area contributed by atoms with E-state index in [-0.39, 0.29) is 5.82 Å². The lowest BCUT2D eigenvalue weighted by atomic mass is 10.3. The van der Waals surface area contributed by atoms with Crippen LogP contribution in [0.5, 0.6) is 0 Å². The highest BCUT2D eigenvalue weighted by molar-refractivity contribution is 5.97. The maximum absolute atomic E-state index is 13.3. The van der Waals surface area contributed by atoms with E-state index in [1.807, 2.05) is 6.92 Å². The van der Waals surface area contributed by atoms with E-state index in [2.05, 4.69) is 21.0 Å². The molecule has 1 aromatic carbocycles. The molecule has 0 saturated heterocycles. The molecule has 3 amide bonds. The highest BCUT2D eigenvalue weighted by atomic mass is 19.1. The minimum Gasteiger partial charge on any atom is -0.357 e. The summed E-state index contributed by atoms with van der Waals surface area (Å²) in [5, 5.41) is 11.7. The van der Waals surface area contributed by atoms with Gasteiger partial charge in [-0.25, -0.2) is 13.9 Å². The zero-order chi connectivity index (χ0) is 17.0. The number of carbonyl (C=O) groups excluding carboxylic acids is 2. The van der Waals surface area contributed by atoms with Crippen molar-refractivity contribution in [3.63, 3.8) is 0 Å². The van der Waals surface area contributed by atoms with Gasteiger partial charge in [-0.3, -0.25) is 10.1 Å². The maximum atomic E-state index is 13.3. The average molecular weight is 319 g/mol. The van der Waals surface area contributed by atoms with Crippen LogP contribution in [0, 0.1) is 12.7 Å². The summed E-state index contributed by atoms with van der Waals surface area (Å²) in [7, 11) is 1.42. The van der Waals surface area contributed by atoms with Gasteiger partial charge in [0.1, 0.15) is 17.7 Å². The van der Waals surface area contributed by atoms with Crippen molar-refractivity contribution in [1.82, 2.24) is 20.4 Å². The smallest absolute Gasteiger partial charge is 0.321 e. The molecule has 3 N–H and O–H groups in total. The van der Waals surface area contributed by atoms with Gasteiger partial charge >= 0.3 is 6.03 Å². The van der Waals surface area contributed by atoms with Gasteiger partial charge in [0, 0.05) is 18.8 Å². The molecule has 1 aromatic heterocycles. The van der Waals surface area contributed by atoms with Crippen molar-refractivity contribution < 1.29 is 14.0 Å². The molecule has 0 radical (unpaired) electrons. The van der Waals surface area contributed by atoms with Crippen molar-refractivity contribution in [2.75, 3.05) is 12.4 Å². The topological polar surface area (TPSA) is 88.0 Å². The van der Waals surface area contributed by atoms with Gasteiger partial charge in [-0.2, -0.15) is 5.10 Å². The monoisotopic (exact) mass is 319 g/mol. The van der Waals surface area contributed by atoms with E-state index in [1.54, 1.807) is 29.8 Å². The number of carbonyl (C=O) groups is 2. The van der Waals surface area contributed by atoms with E-state index >= 15 is 0 Å². The molecule has 2 aromatic rings. The van der Waals surface area contributed by atoms with Crippen molar-refractivity contribution in [1.29, 1.82) is 0 Å². The highest BCUT2D eigenvalue weighted by Gasteiger charge is 2.17. The van der Waals surface area contributed by atoms with Crippen LogP contribution < -0.4 is 16.0 Å². The quantitative estimate of drug-likeness (QED) is 0.798. The summed E-state index contributed by atoms with van der Waals surface area (Å²) >= 11 is 0. The molecule has 23 heavy (non-hydrogen) atoms. The Bertz CT molecular complexity index is 728. The number of rotatable bonds is 4. The first-order valence-corrected chi connectivity index (χ1v) is 7.02. The number of nitrogens with zero attached hydrogens (tertiary/aromatic N) is 2. The molecule has 0 fully saturated rings. The minimum absolute atomic E-state index is 0.356. The Morgan fingerprint density at radius 3 is 2.70 bits per heavy atom. The van der Waals surface area contributed by atoms with Crippen LogP contribution in [-0.4, -0.2) is 34.8 Å². The van der Waals surface area contributed by atoms with Crippen LogP contribution in [0.25, 0.3) is 5.69 Å². The average Bonchev–Trinajstić information content (AvgIpc) is 2.87. The first-order valence-electron chi connectivity index (χ1n) is 7.02. The predicted octanol–water partition coefficient (Wildman–Crippen LogP) is 1.58. The third-order valence-corrected chi connectivity index (χ3v) is 3.16. The van der Waals surface area contributed by atoms with Gasteiger partial charge in [-0.1, -0.05) is 6.07 Å². The molecule has 1 heterocycles. The number of nitrogens with one attached hydrogen (secondary N) is 3. The molecule has 122 valence electrons. The number of benzene rings is 1. The summed E-state index contributed by atoms with van der Waals surface area (Å²) < 4.78 is 14.9. The van der Waals surface area contributed by atoms with Crippen LogP contribution in [0.3, 0.4) is 0 Å². The molecular weight excluding hydrogens is 301 g/mol. The summed E-state index contributed by atoms with van der Waals surface area (Å²) in [6, 6.07) is 6.53. The van der Waals surface area contributed by atoms with Gasteiger partial charge < -0.3 is 10.6 Å². The zero-order valence-electron chi connectivity index (χ0n) is 13.1. The van der Waals surface area contributed by atoms with Crippen molar-refractivity contribution in [3.05, 3.63) is 41.8 Å². The fourth-order valence-electron chi connectivity index (χ4n) is 1.98. The number of urea groups is 1. The molecular formula is C15H18FN5O2. The van der Waals surface area contributed by atoms with E-state index in [1.165, 1.54) is 19.2 Å². The van der Waals surface area contributed by atoms with Crippen molar-refractivity contribution in [2.45, 2.75) is 19.9 Å². The molecule has 1 unspecified atom stereocenters. The van der Waals surface area contributed by atoms with Crippen LogP contribution in [0.2, 0.25) is 0 Å². The molecule has 8 heteroatoms. The molecule has 0 aliphatic carbocycles. The molecule has 7 nitrogen and oxygen atoms in total. The van der Waals surface area contributed by atoms with Gasteiger partial charge in [0.05, 0.1) is 5.69 Å². The summed E-state index contributed by atoms with van der Waals surface area (Å²) in [6.45, 7) is 3.42. The molecule has 2 rings (SSSR count). The summed E-state index contributed by atoms with van der Waals surface area (Å²) in [4.78, 5) is 22.9. The van der Waals surface area contributed by atoms with Crippen LogP contribution in [0.1, 0.15) is 12.6 Å². The van der Waals surface area contributed by atoms with Gasteiger partial charge in [-0.05, 0) is 32.0 Å². The van der Waals surface area contributed by atoms with E-state index in [9.17, 15) is 14.0 Å². The van der Waals surface area contributed by atoms with Gasteiger partial charge in [0.25, 0.3) is 0 Å². The Hall–Kier alpha value is -2.90. The number of hydrogen-bond acceptors (Lipinski definition) is 4. The summed E-state index contributed by atoms with van der Waals surface area (Å²) in [5.41, 5.74) is 1.36. The highest BCUT2D eigenvalue weighted by Crippen LogP contribution is 2.16. The number of amides is 3. The first kappa shape index (κ1) is 16.5. The Morgan fingerprint density at radius 1 is 1.30 bits per heavy atom. The zero-order valence-corrected chi connectivity index (χ0v) is 13.1. The molecule has 1 atom stereocenters. The standard InChI is InChI=1S/C15H18FN5O2/c1-9-7-13(18-10(2)14(22)19-15(23)17-3)20-21(9)12-6-4-5-11(16)8-12/h4-8,10H,1-3H3,(H,18,20)(H2,17,19,22,23). The Labute approximate surface area is 132 Å². The predicted molar refractivity (Wildman–Crippen MR) is 83.9 cm³/mol. The molecule has 0 aliphatic heterocycles. The van der Waals surface area contributed by atoms with Crippen molar-refractivity contribution >= 4 is 17.8 Å². The number of hydrogen-bond donors (Lipinski definition) is 3. The third-order valence-electron chi connectivity index (χ3n) is 3.16. The van der Waals surface area contributed by atoms with Crippen molar-refractivity contribution in [2.24, 2.45) is 0 Å². The molecule has 0 aliphatic rings. The van der Waals surface area contributed by atoms with E-state index in [0.29, 0.717) is 11.5 Å². The second-order valence-electron chi connectivity index (χ2n) is 5.00. The molecule has 0 bridgehead atoms. The number of aromatic nitrogens is 2. The van der Waals surface area contributed by atoms with E-state index < -0.39 is 18.0 Å². The summed E-state index contributed by atoms with van der Waals surface area (Å²) in [6.07, 6.45) is 0. The SMILES string of the molecule is CNC(=O)NC(=O)C(C)Nc1cc(C)n(-c2cccc(F)c2)n1. The van der Waals surface area contributed by atoms with Crippen LogP contribution in [0.4, 0.5) is 15.0 Å². The van der Waals surface area contributed by atoms with E-state index in [4.69, 9.17) is 0 Å². The van der Waals surface area contributed by atoms with Crippen molar-refractivity contribution in [3.8, 4) is 5.69 Å². The summed E-state index contributed by atoms with van der Waals surface area (Å²) in [5.74, 6) is -0.390.